The molecule has 0 bridgehead atoms. The molecule has 1 aromatic rings. The van der Waals surface area contributed by atoms with Crippen molar-refractivity contribution in [3.63, 3.8) is 0 Å². The molecule has 1 aliphatic heterocycles. The molecule has 6 heteroatoms. The molecule has 1 fully saturated rings. The number of amides is 1. The number of hydrogen-bond acceptors (Lipinski definition) is 4. The molecule has 1 aliphatic rings. The molecule has 0 spiro atoms. The average Bonchev–Trinajstić information content (AvgIpc) is 2.77. The lowest BCUT2D eigenvalue weighted by molar-refractivity contribution is -0.136. The Morgan fingerprint density at radius 1 is 1.40 bits per heavy atom. The van der Waals surface area contributed by atoms with Crippen LogP contribution in [0.1, 0.15) is 17.0 Å². The third kappa shape index (κ3) is 3.80. The highest BCUT2D eigenvalue weighted by molar-refractivity contribution is 5.78. The van der Waals surface area contributed by atoms with Crippen LogP contribution < -0.4 is 0 Å². The second-order valence-corrected chi connectivity index (χ2v) is 5.39. The molecule has 0 saturated carbocycles. The van der Waals surface area contributed by atoms with Crippen LogP contribution in [0.5, 0.6) is 0 Å². The molecule has 20 heavy (non-hydrogen) atoms. The Morgan fingerprint density at radius 2 is 2.10 bits per heavy atom. The molecule has 112 valence electrons. The average molecular weight is 280 g/mol. The van der Waals surface area contributed by atoms with Crippen LogP contribution in [0.15, 0.2) is 0 Å². The van der Waals surface area contributed by atoms with Crippen molar-refractivity contribution in [1.29, 1.82) is 0 Å². The first kappa shape index (κ1) is 15.0. The van der Waals surface area contributed by atoms with E-state index in [9.17, 15) is 4.79 Å². The van der Waals surface area contributed by atoms with Crippen molar-refractivity contribution in [2.45, 2.75) is 20.3 Å². The summed E-state index contributed by atoms with van der Waals surface area (Å²) >= 11 is 0. The summed E-state index contributed by atoms with van der Waals surface area (Å²) in [5.41, 5.74) is 3.43. The number of ether oxygens (including phenoxy) is 1. The van der Waals surface area contributed by atoms with Crippen molar-refractivity contribution >= 4 is 5.91 Å². The van der Waals surface area contributed by atoms with Crippen LogP contribution in [0, 0.1) is 13.8 Å². The van der Waals surface area contributed by atoms with Gasteiger partial charge in [-0.05, 0) is 32.9 Å². The zero-order valence-corrected chi connectivity index (χ0v) is 12.6. The van der Waals surface area contributed by atoms with Gasteiger partial charge in [-0.15, -0.1) is 0 Å². The van der Waals surface area contributed by atoms with Crippen LogP contribution in [0.3, 0.4) is 0 Å². The topological polar surface area (TPSA) is 61.5 Å². The molecule has 1 N–H and O–H groups in total. The van der Waals surface area contributed by atoms with Gasteiger partial charge in [0.05, 0.1) is 25.5 Å². The molecule has 2 rings (SSSR count). The van der Waals surface area contributed by atoms with Gasteiger partial charge in [-0.1, -0.05) is 0 Å². The number of likely N-dealkylation sites (N-methyl/N-ethyl adjacent to an activating group) is 1. The molecule has 1 saturated heterocycles. The molecule has 0 aliphatic carbocycles. The second-order valence-electron chi connectivity index (χ2n) is 5.39. The number of carbonyl (C=O) groups excluding carboxylic acids is 1. The van der Waals surface area contributed by atoms with E-state index in [0.29, 0.717) is 32.8 Å². The first-order chi connectivity index (χ1) is 9.58. The molecule has 0 unspecified atom stereocenters. The molecular formula is C14H24N4O2. The van der Waals surface area contributed by atoms with E-state index < -0.39 is 0 Å². The zero-order chi connectivity index (χ0) is 14.5. The zero-order valence-electron chi connectivity index (χ0n) is 12.6. The van der Waals surface area contributed by atoms with Crippen LogP contribution >= 0.6 is 0 Å². The van der Waals surface area contributed by atoms with E-state index in [4.69, 9.17) is 4.74 Å². The van der Waals surface area contributed by atoms with Crippen molar-refractivity contribution in [2.24, 2.45) is 0 Å². The molecule has 0 aromatic carbocycles. The van der Waals surface area contributed by atoms with Crippen LogP contribution in [-0.2, 0) is 16.0 Å². The summed E-state index contributed by atoms with van der Waals surface area (Å²) in [6.45, 7) is 8.12. The summed E-state index contributed by atoms with van der Waals surface area (Å²) in [6, 6.07) is 0. The molecular weight excluding hydrogens is 256 g/mol. The van der Waals surface area contributed by atoms with E-state index in [-0.39, 0.29) is 5.91 Å². The summed E-state index contributed by atoms with van der Waals surface area (Å²) in [5.74, 6) is 0.191. The molecule has 1 aromatic heterocycles. The number of nitrogens with one attached hydrogen (secondary N) is 1. The van der Waals surface area contributed by atoms with Gasteiger partial charge in [-0.3, -0.25) is 14.8 Å². The van der Waals surface area contributed by atoms with Crippen LogP contribution in [-0.4, -0.2) is 72.3 Å². The van der Waals surface area contributed by atoms with Gasteiger partial charge in [0.2, 0.25) is 5.91 Å². The van der Waals surface area contributed by atoms with Crippen LogP contribution in [0.4, 0.5) is 0 Å². The van der Waals surface area contributed by atoms with Gasteiger partial charge >= 0.3 is 0 Å². The lowest BCUT2D eigenvalue weighted by Gasteiger charge is -2.28. The second kappa shape index (κ2) is 6.85. The molecule has 6 nitrogen and oxygen atoms in total. The number of morpholine rings is 1. The van der Waals surface area contributed by atoms with Crippen molar-refractivity contribution in [2.75, 3.05) is 46.4 Å². The Bertz CT molecular complexity index is 433. The standard InChI is InChI=1S/C14H24N4O2/c1-11-13(12(2)16-15-11)4-5-17(3)10-14(19)18-6-8-20-9-7-18/h4-10H2,1-3H3,(H,15,16). The summed E-state index contributed by atoms with van der Waals surface area (Å²) in [6.07, 6.45) is 0.918. The van der Waals surface area contributed by atoms with Gasteiger partial charge in [0, 0.05) is 25.3 Å². The van der Waals surface area contributed by atoms with Crippen molar-refractivity contribution in [3.8, 4) is 0 Å². The van der Waals surface area contributed by atoms with Gasteiger partial charge in [-0.25, -0.2) is 0 Å². The number of aryl methyl sites for hydroxylation is 2. The summed E-state index contributed by atoms with van der Waals surface area (Å²) in [7, 11) is 1.99. The Morgan fingerprint density at radius 3 is 2.70 bits per heavy atom. The van der Waals surface area contributed by atoms with E-state index in [0.717, 1.165) is 24.4 Å². The van der Waals surface area contributed by atoms with Gasteiger partial charge in [-0.2, -0.15) is 5.10 Å². The summed E-state index contributed by atoms with van der Waals surface area (Å²) in [4.78, 5) is 16.1. The first-order valence-corrected chi connectivity index (χ1v) is 7.12. The van der Waals surface area contributed by atoms with E-state index in [2.05, 4.69) is 15.1 Å². The minimum Gasteiger partial charge on any atom is -0.378 e. The monoisotopic (exact) mass is 280 g/mol. The molecule has 0 atom stereocenters. The van der Waals surface area contributed by atoms with Crippen molar-refractivity contribution in [1.82, 2.24) is 20.0 Å². The third-order valence-corrected chi connectivity index (χ3v) is 3.79. The lowest BCUT2D eigenvalue weighted by atomic mass is 10.1. The molecule has 0 radical (unpaired) electrons. The number of H-pyrrole nitrogens is 1. The van der Waals surface area contributed by atoms with Gasteiger partial charge in [0.1, 0.15) is 0 Å². The fraction of sp³-hybridized carbons (Fsp3) is 0.714. The Hall–Kier alpha value is -1.40. The maximum absolute atomic E-state index is 12.1. The fourth-order valence-corrected chi connectivity index (χ4v) is 2.47. The summed E-state index contributed by atoms with van der Waals surface area (Å²) < 4.78 is 5.26. The fourth-order valence-electron chi connectivity index (χ4n) is 2.47. The third-order valence-electron chi connectivity index (χ3n) is 3.79. The largest absolute Gasteiger partial charge is 0.378 e. The molecule has 2 heterocycles. The maximum atomic E-state index is 12.1. The number of aromatic nitrogens is 2. The van der Waals surface area contributed by atoms with E-state index in [1.165, 1.54) is 5.56 Å². The van der Waals surface area contributed by atoms with E-state index in [1.54, 1.807) is 0 Å². The number of aromatic amines is 1. The smallest absolute Gasteiger partial charge is 0.236 e. The number of hydrogen-bond donors (Lipinski definition) is 1. The van der Waals surface area contributed by atoms with Crippen molar-refractivity contribution < 1.29 is 9.53 Å². The number of carbonyl (C=O) groups is 1. The molecule has 1 amide bonds. The van der Waals surface area contributed by atoms with Gasteiger partial charge in [0.15, 0.2) is 0 Å². The SMILES string of the molecule is Cc1n[nH]c(C)c1CCN(C)CC(=O)N1CCOCC1. The van der Waals surface area contributed by atoms with E-state index in [1.807, 2.05) is 25.8 Å². The lowest BCUT2D eigenvalue weighted by Crippen LogP contribution is -2.45. The number of rotatable bonds is 5. The van der Waals surface area contributed by atoms with Gasteiger partial charge in [0.25, 0.3) is 0 Å². The minimum absolute atomic E-state index is 0.191. The normalized spacial score (nSPS) is 15.9. The van der Waals surface area contributed by atoms with E-state index >= 15 is 0 Å². The minimum atomic E-state index is 0.191. The highest BCUT2D eigenvalue weighted by Crippen LogP contribution is 2.10. The maximum Gasteiger partial charge on any atom is 0.236 e. The summed E-state index contributed by atoms with van der Waals surface area (Å²) in [5, 5.41) is 7.19. The number of nitrogens with zero attached hydrogens (tertiary/aromatic N) is 3. The first-order valence-electron chi connectivity index (χ1n) is 7.12. The van der Waals surface area contributed by atoms with Crippen molar-refractivity contribution in [3.05, 3.63) is 17.0 Å². The highest BCUT2D eigenvalue weighted by atomic mass is 16.5. The Kier molecular flexibility index (Phi) is 5.14. The Balaban J connectivity index is 1.77. The quantitative estimate of drug-likeness (QED) is 0.846. The van der Waals surface area contributed by atoms with Crippen LogP contribution in [0.2, 0.25) is 0 Å². The predicted octanol–water partition coefficient (Wildman–Crippen LogP) is 0.360. The predicted molar refractivity (Wildman–Crippen MR) is 76.7 cm³/mol. The van der Waals surface area contributed by atoms with Crippen LogP contribution in [0.25, 0.3) is 0 Å². The Labute approximate surface area is 120 Å². The highest BCUT2D eigenvalue weighted by Gasteiger charge is 2.18. The van der Waals surface area contributed by atoms with Gasteiger partial charge < -0.3 is 9.64 Å².